The molecule has 0 spiro atoms. The highest BCUT2D eigenvalue weighted by Gasteiger charge is 2.05. The van der Waals surface area contributed by atoms with Gasteiger partial charge in [0.2, 0.25) is 5.91 Å². The highest BCUT2D eigenvalue weighted by Crippen LogP contribution is 2.16. The van der Waals surface area contributed by atoms with Crippen LogP contribution in [0.5, 0.6) is 0 Å². The van der Waals surface area contributed by atoms with Crippen molar-refractivity contribution in [1.82, 2.24) is 5.32 Å². The van der Waals surface area contributed by atoms with Gasteiger partial charge in [0.25, 0.3) is 0 Å². The van der Waals surface area contributed by atoms with Crippen LogP contribution < -0.4 is 10.6 Å². The zero-order chi connectivity index (χ0) is 20.4. The van der Waals surface area contributed by atoms with Gasteiger partial charge in [0.15, 0.2) is 0 Å². The van der Waals surface area contributed by atoms with Gasteiger partial charge in [0.1, 0.15) is 0 Å². The number of carbonyl (C=O) groups is 3. The number of benzene rings is 2. The summed E-state index contributed by atoms with van der Waals surface area (Å²) in [6.07, 6.45) is 0. The summed E-state index contributed by atoms with van der Waals surface area (Å²) >= 11 is 5.83. The number of rotatable bonds is 5. The zero-order valence-corrected chi connectivity index (χ0v) is 15.7. The van der Waals surface area contributed by atoms with Crippen LogP contribution in [0.4, 0.5) is 5.69 Å². The molecule has 0 aliphatic rings. The van der Waals surface area contributed by atoms with Gasteiger partial charge in [-0.25, -0.2) is 9.59 Å². The molecule has 0 unspecified atom stereocenters. The number of aliphatic carboxylic acids is 2. The van der Waals surface area contributed by atoms with Crippen LogP contribution in [0.15, 0.2) is 42.5 Å². The first-order valence-electron chi connectivity index (χ1n) is 7.97. The van der Waals surface area contributed by atoms with Gasteiger partial charge in [-0.3, -0.25) is 4.79 Å². The van der Waals surface area contributed by atoms with E-state index in [9.17, 15) is 4.79 Å². The molecule has 8 heteroatoms. The molecule has 144 valence electrons. The van der Waals surface area contributed by atoms with Gasteiger partial charge in [-0.15, -0.1) is 0 Å². The second-order valence-corrected chi connectivity index (χ2v) is 6.14. The summed E-state index contributed by atoms with van der Waals surface area (Å²) in [6, 6.07) is 13.6. The predicted molar refractivity (Wildman–Crippen MR) is 103 cm³/mol. The third-order valence-corrected chi connectivity index (χ3v) is 3.63. The number of carboxylic acid groups (broad SMARTS) is 2. The molecule has 0 saturated heterocycles. The third-order valence-electron chi connectivity index (χ3n) is 3.38. The van der Waals surface area contributed by atoms with Crippen LogP contribution in [-0.4, -0.2) is 34.6 Å². The van der Waals surface area contributed by atoms with E-state index in [-0.39, 0.29) is 12.5 Å². The molecule has 0 aromatic heterocycles. The highest BCUT2D eigenvalue weighted by molar-refractivity contribution is 6.30. The van der Waals surface area contributed by atoms with Gasteiger partial charge < -0.3 is 20.8 Å². The molecular weight excluding hydrogens is 372 g/mol. The molecule has 0 radical (unpaired) electrons. The Morgan fingerprint density at radius 1 is 0.963 bits per heavy atom. The Hall–Kier alpha value is -2.90. The van der Waals surface area contributed by atoms with Crippen LogP contribution in [0.2, 0.25) is 5.02 Å². The first-order valence-corrected chi connectivity index (χ1v) is 8.35. The summed E-state index contributed by atoms with van der Waals surface area (Å²) in [6.45, 7) is 4.90. The van der Waals surface area contributed by atoms with Crippen LogP contribution in [0.3, 0.4) is 0 Å². The van der Waals surface area contributed by atoms with E-state index in [0.29, 0.717) is 11.6 Å². The second kappa shape index (κ2) is 10.9. The number of carboxylic acids is 2. The Morgan fingerprint density at radius 2 is 1.56 bits per heavy atom. The van der Waals surface area contributed by atoms with Crippen molar-refractivity contribution in [2.75, 3.05) is 11.9 Å². The van der Waals surface area contributed by atoms with E-state index < -0.39 is 11.9 Å². The number of hydrogen-bond acceptors (Lipinski definition) is 4. The van der Waals surface area contributed by atoms with Crippen LogP contribution in [0, 0.1) is 13.8 Å². The van der Waals surface area contributed by atoms with Gasteiger partial charge >= 0.3 is 11.9 Å². The third kappa shape index (κ3) is 8.84. The minimum absolute atomic E-state index is 0.0438. The Kier molecular flexibility index (Phi) is 8.98. The average Bonchev–Trinajstić information content (AvgIpc) is 2.60. The molecule has 0 bridgehead atoms. The molecule has 0 fully saturated rings. The number of nitrogens with one attached hydrogen (secondary N) is 2. The number of amides is 1. The van der Waals surface area contributed by atoms with Gasteiger partial charge in [0.05, 0.1) is 6.54 Å². The summed E-state index contributed by atoms with van der Waals surface area (Å²) in [4.78, 5) is 30.1. The average molecular weight is 393 g/mol. The van der Waals surface area contributed by atoms with Crippen LogP contribution >= 0.6 is 11.6 Å². The molecule has 0 aliphatic heterocycles. The fraction of sp³-hybridized carbons (Fsp3) is 0.211. The van der Waals surface area contributed by atoms with E-state index >= 15 is 0 Å². The number of hydrogen-bond donors (Lipinski definition) is 4. The topological polar surface area (TPSA) is 116 Å². The SMILES string of the molecule is Cc1ccc(C)c(NC(=O)CNCc2ccc(Cl)cc2)c1.O=C(O)C(=O)O. The minimum atomic E-state index is -1.82. The van der Waals surface area contributed by atoms with E-state index in [1.807, 2.05) is 56.3 Å². The van der Waals surface area contributed by atoms with Gasteiger partial charge in [-0.05, 0) is 48.7 Å². The monoisotopic (exact) mass is 392 g/mol. The lowest BCUT2D eigenvalue weighted by molar-refractivity contribution is -0.159. The van der Waals surface area contributed by atoms with E-state index in [4.69, 9.17) is 31.4 Å². The molecule has 0 atom stereocenters. The zero-order valence-electron chi connectivity index (χ0n) is 15.0. The molecule has 27 heavy (non-hydrogen) atoms. The van der Waals surface area contributed by atoms with Crippen molar-refractivity contribution in [3.8, 4) is 0 Å². The molecule has 2 rings (SSSR count). The number of carbonyl (C=O) groups excluding carboxylic acids is 1. The first-order chi connectivity index (χ1) is 12.7. The van der Waals surface area contributed by atoms with Crippen molar-refractivity contribution in [3.63, 3.8) is 0 Å². The van der Waals surface area contributed by atoms with Crippen molar-refractivity contribution < 1.29 is 24.6 Å². The number of aryl methyl sites for hydroxylation is 2. The lowest BCUT2D eigenvalue weighted by Gasteiger charge is -2.10. The highest BCUT2D eigenvalue weighted by atomic mass is 35.5. The number of anilines is 1. The van der Waals surface area contributed by atoms with Gasteiger partial charge in [-0.2, -0.15) is 0 Å². The smallest absolute Gasteiger partial charge is 0.414 e. The van der Waals surface area contributed by atoms with Crippen molar-refractivity contribution in [2.24, 2.45) is 0 Å². The molecular formula is C19H21ClN2O5. The first kappa shape index (κ1) is 22.1. The predicted octanol–water partition coefficient (Wildman–Crippen LogP) is 2.84. The molecule has 0 saturated carbocycles. The Morgan fingerprint density at radius 3 is 2.11 bits per heavy atom. The maximum atomic E-state index is 11.9. The molecule has 0 heterocycles. The second-order valence-electron chi connectivity index (χ2n) is 5.71. The van der Waals surface area contributed by atoms with Crippen LogP contribution in [-0.2, 0) is 20.9 Å². The largest absolute Gasteiger partial charge is 0.473 e. The van der Waals surface area contributed by atoms with E-state index in [2.05, 4.69) is 10.6 Å². The number of halogens is 1. The maximum Gasteiger partial charge on any atom is 0.414 e. The van der Waals surface area contributed by atoms with Gasteiger partial charge in [-0.1, -0.05) is 35.9 Å². The van der Waals surface area contributed by atoms with Gasteiger partial charge in [0, 0.05) is 17.3 Å². The Bertz CT molecular complexity index is 794. The van der Waals surface area contributed by atoms with Crippen LogP contribution in [0.1, 0.15) is 16.7 Å². The van der Waals surface area contributed by atoms with Crippen molar-refractivity contribution in [2.45, 2.75) is 20.4 Å². The fourth-order valence-electron chi connectivity index (χ4n) is 1.99. The molecule has 4 N–H and O–H groups in total. The summed E-state index contributed by atoms with van der Waals surface area (Å²) in [5.41, 5.74) is 4.16. The summed E-state index contributed by atoms with van der Waals surface area (Å²) in [5.74, 6) is -3.69. The quantitative estimate of drug-likeness (QED) is 0.581. The maximum absolute atomic E-state index is 11.9. The van der Waals surface area contributed by atoms with Crippen LogP contribution in [0.25, 0.3) is 0 Å². The normalized spacial score (nSPS) is 9.74. The summed E-state index contributed by atoms with van der Waals surface area (Å²) in [5, 5.41) is 21.5. The molecule has 7 nitrogen and oxygen atoms in total. The Balaban J connectivity index is 0.000000527. The Labute approximate surface area is 162 Å². The lowest BCUT2D eigenvalue weighted by atomic mass is 10.1. The standard InChI is InChI=1S/C17H19ClN2O.C2H2O4/c1-12-3-4-13(2)16(9-12)20-17(21)11-19-10-14-5-7-15(18)8-6-14;3-1(4)2(5)6/h3-9,19H,10-11H2,1-2H3,(H,20,21);(H,3,4)(H,5,6). The molecule has 0 aliphatic carbocycles. The van der Waals surface area contributed by atoms with E-state index in [1.165, 1.54) is 0 Å². The fourth-order valence-corrected chi connectivity index (χ4v) is 2.11. The molecule has 2 aromatic carbocycles. The summed E-state index contributed by atoms with van der Waals surface area (Å²) in [7, 11) is 0. The van der Waals surface area contributed by atoms with Crippen molar-refractivity contribution >= 4 is 35.1 Å². The van der Waals surface area contributed by atoms with Crippen molar-refractivity contribution in [1.29, 1.82) is 0 Å². The van der Waals surface area contributed by atoms with E-state index in [1.54, 1.807) is 0 Å². The minimum Gasteiger partial charge on any atom is -0.473 e. The van der Waals surface area contributed by atoms with Crippen molar-refractivity contribution in [3.05, 3.63) is 64.2 Å². The summed E-state index contributed by atoms with van der Waals surface area (Å²) < 4.78 is 0. The molecule has 2 aromatic rings. The van der Waals surface area contributed by atoms with E-state index in [0.717, 1.165) is 22.4 Å². The lowest BCUT2D eigenvalue weighted by Crippen LogP contribution is -2.28. The molecule has 1 amide bonds.